The van der Waals surface area contributed by atoms with E-state index in [2.05, 4.69) is 20.2 Å². The van der Waals surface area contributed by atoms with E-state index in [9.17, 15) is 4.39 Å². The number of likely N-dealkylation sites (tertiary alicyclic amines) is 1. The molecule has 7 heteroatoms. The molecule has 1 fully saturated rings. The van der Waals surface area contributed by atoms with Gasteiger partial charge in [0.2, 0.25) is 0 Å². The van der Waals surface area contributed by atoms with E-state index < -0.39 is 0 Å². The van der Waals surface area contributed by atoms with Crippen LogP contribution in [0.4, 0.5) is 10.2 Å². The normalized spacial score (nSPS) is 15.6. The van der Waals surface area contributed by atoms with E-state index in [4.69, 9.17) is 16.3 Å². The van der Waals surface area contributed by atoms with Crippen molar-refractivity contribution in [2.45, 2.75) is 32.4 Å². The van der Waals surface area contributed by atoms with Gasteiger partial charge in [0.25, 0.3) is 0 Å². The van der Waals surface area contributed by atoms with Crippen LogP contribution in [0.25, 0.3) is 10.9 Å². The smallest absolute Gasteiger partial charge is 0.165 e. The molecule has 1 aliphatic rings. The molecule has 1 N–H and O–H groups in total. The van der Waals surface area contributed by atoms with Gasteiger partial charge in [-0.2, -0.15) is 0 Å². The van der Waals surface area contributed by atoms with Crippen LogP contribution in [0.2, 0.25) is 5.02 Å². The maximum absolute atomic E-state index is 13.8. The number of rotatable bonds is 6. The highest BCUT2D eigenvalue weighted by Crippen LogP contribution is 2.26. The molecule has 0 amide bonds. The fourth-order valence-electron chi connectivity index (χ4n) is 3.74. The molecule has 4 rings (SSSR count). The van der Waals surface area contributed by atoms with Crippen molar-refractivity contribution in [3.05, 3.63) is 59.1 Å². The molecule has 0 bridgehead atoms. The van der Waals surface area contributed by atoms with Crippen LogP contribution in [0.3, 0.4) is 0 Å². The SMILES string of the molecule is CCOc1cc(CN2CCC(Nc3ncnc4cc(Cl)ccc34)CC2)ccc1F. The van der Waals surface area contributed by atoms with Crippen LogP contribution < -0.4 is 10.1 Å². The van der Waals surface area contributed by atoms with E-state index >= 15 is 0 Å². The molecule has 0 spiro atoms. The van der Waals surface area contributed by atoms with Gasteiger partial charge in [-0.15, -0.1) is 0 Å². The average molecular weight is 415 g/mol. The summed E-state index contributed by atoms with van der Waals surface area (Å²) in [5.41, 5.74) is 1.91. The Morgan fingerprint density at radius 1 is 1.17 bits per heavy atom. The first kappa shape index (κ1) is 19.9. The van der Waals surface area contributed by atoms with Crippen LogP contribution in [0.1, 0.15) is 25.3 Å². The lowest BCUT2D eigenvalue weighted by atomic mass is 10.0. The van der Waals surface area contributed by atoms with Crippen molar-refractivity contribution in [2.75, 3.05) is 25.0 Å². The third kappa shape index (κ3) is 4.77. The Morgan fingerprint density at radius 3 is 2.79 bits per heavy atom. The second-order valence-corrected chi connectivity index (χ2v) is 7.71. The molecule has 0 radical (unpaired) electrons. The van der Waals surface area contributed by atoms with Gasteiger partial charge >= 0.3 is 0 Å². The lowest BCUT2D eigenvalue weighted by Gasteiger charge is -2.32. The first-order chi connectivity index (χ1) is 14.1. The molecular formula is C22H24ClFN4O. The van der Waals surface area contributed by atoms with Gasteiger partial charge in [0.15, 0.2) is 11.6 Å². The third-order valence-corrected chi connectivity index (χ3v) is 5.46. The van der Waals surface area contributed by atoms with Gasteiger partial charge in [-0.1, -0.05) is 17.7 Å². The number of fused-ring (bicyclic) bond motifs is 1. The van der Waals surface area contributed by atoms with Crippen molar-refractivity contribution in [3.8, 4) is 5.75 Å². The number of aromatic nitrogens is 2. The van der Waals surface area contributed by atoms with Gasteiger partial charge in [-0.25, -0.2) is 14.4 Å². The summed E-state index contributed by atoms with van der Waals surface area (Å²) in [5.74, 6) is 0.874. The average Bonchev–Trinajstić information content (AvgIpc) is 2.72. The molecule has 1 aromatic heterocycles. The zero-order chi connectivity index (χ0) is 20.2. The van der Waals surface area contributed by atoms with Gasteiger partial charge < -0.3 is 10.1 Å². The Hall–Kier alpha value is -2.44. The van der Waals surface area contributed by atoms with Crippen molar-refractivity contribution >= 4 is 28.3 Å². The van der Waals surface area contributed by atoms with Gasteiger partial charge in [-0.05, 0) is 55.7 Å². The summed E-state index contributed by atoms with van der Waals surface area (Å²) in [6, 6.07) is 11.2. The first-order valence-corrected chi connectivity index (χ1v) is 10.3. The summed E-state index contributed by atoms with van der Waals surface area (Å²) in [5, 5.41) is 5.22. The van der Waals surface area contributed by atoms with Crippen LogP contribution in [0, 0.1) is 5.82 Å². The summed E-state index contributed by atoms with van der Waals surface area (Å²) in [6.45, 7) is 5.05. The number of ether oxygens (including phenoxy) is 1. The Balaban J connectivity index is 1.36. The van der Waals surface area contributed by atoms with Crippen LogP contribution in [-0.2, 0) is 6.54 Å². The molecule has 2 heterocycles. The Bertz CT molecular complexity index is 992. The lowest BCUT2D eigenvalue weighted by Crippen LogP contribution is -2.38. The summed E-state index contributed by atoms with van der Waals surface area (Å²) >= 11 is 6.07. The highest BCUT2D eigenvalue weighted by atomic mass is 35.5. The van der Waals surface area contributed by atoms with Gasteiger partial charge in [0, 0.05) is 36.1 Å². The van der Waals surface area contributed by atoms with E-state index in [0.717, 1.165) is 54.8 Å². The summed E-state index contributed by atoms with van der Waals surface area (Å²) in [4.78, 5) is 11.1. The maximum atomic E-state index is 13.8. The maximum Gasteiger partial charge on any atom is 0.165 e. The topological polar surface area (TPSA) is 50.3 Å². The predicted octanol–water partition coefficient (Wildman–Crippen LogP) is 4.90. The van der Waals surface area contributed by atoms with Gasteiger partial charge in [0.05, 0.1) is 12.1 Å². The van der Waals surface area contributed by atoms with E-state index in [1.54, 1.807) is 12.4 Å². The summed E-state index contributed by atoms with van der Waals surface area (Å²) < 4.78 is 19.1. The molecule has 0 atom stereocenters. The second-order valence-electron chi connectivity index (χ2n) is 7.28. The highest BCUT2D eigenvalue weighted by Gasteiger charge is 2.20. The Kier molecular flexibility index (Phi) is 6.11. The molecule has 3 aromatic rings. The van der Waals surface area contributed by atoms with E-state index in [1.165, 1.54) is 6.07 Å². The molecular weight excluding hydrogens is 391 g/mol. The second kappa shape index (κ2) is 8.93. The van der Waals surface area contributed by atoms with Crippen molar-refractivity contribution in [2.24, 2.45) is 0 Å². The molecule has 0 saturated carbocycles. The van der Waals surface area contributed by atoms with Crippen LogP contribution in [0.15, 0.2) is 42.7 Å². The number of nitrogens with zero attached hydrogens (tertiary/aromatic N) is 3. The standard InChI is InChI=1S/C22H24ClFN4O/c1-2-29-21-11-15(3-6-19(21)24)13-28-9-7-17(8-10-28)27-22-18-5-4-16(23)12-20(18)25-14-26-22/h3-6,11-12,14,17H,2,7-10,13H2,1H3,(H,25,26,27). The fourth-order valence-corrected chi connectivity index (χ4v) is 3.91. The molecule has 0 aliphatic carbocycles. The zero-order valence-corrected chi connectivity index (χ0v) is 17.1. The molecule has 29 heavy (non-hydrogen) atoms. The number of benzene rings is 2. The van der Waals surface area contributed by atoms with Crippen molar-refractivity contribution < 1.29 is 9.13 Å². The minimum Gasteiger partial charge on any atom is -0.491 e. The van der Waals surface area contributed by atoms with Crippen molar-refractivity contribution in [3.63, 3.8) is 0 Å². The number of hydrogen-bond acceptors (Lipinski definition) is 5. The Morgan fingerprint density at radius 2 is 2.00 bits per heavy atom. The summed E-state index contributed by atoms with van der Waals surface area (Å²) in [6.07, 6.45) is 3.60. The van der Waals surface area contributed by atoms with Gasteiger partial charge in [-0.3, -0.25) is 4.90 Å². The van der Waals surface area contributed by atoms with E-state index in [0.29, 0.717) is 23.4 Å². The highest BCUT2D eigenvalue weighted by molar-refractivity contribution is 6.31. The largest absolute Gasteiger partial charge is 0.491 e. The molecule has 1 aliphatic heterocycles. The van der Waals surface area contributed by atoms with Crippen molar-refractivity contribution in [1.82, 2.24) is 14.9 Å². The molecule has 0 unspecified atom stereocenters. The predicted molar refractivity (Wildman–Crippen MR) is 114 cm³/mol. The monoisotopic (exact) mass is 414 g/mol. The van der Waals surface area contributed by atoms with E-state index in [-0.39, 0.29) is 5.82 Å². The third-order valence-electron chi connectivity index (χ3n) is 5.23. The summed E-state index contributed by atoms with van der Waals surface area (Å²) in [7, 11) is 0. The molecule has 2 aromatic carbocycles. The van der Waals surface area contributed by atoms with E-state index in [1.807, 2.05) is 31.2 Å². The Labute approximate surface area is 174 Å². The van der Waals surface area contributed by atoms with Crippen LogP contribution in [-0.4, -0.2) is 40.6 Å². The lowest BCUT2D eigenvalue weighted by molar-refractivity contribution is 0.210. The number of piperidine rings is 1. The molecule has 1 saturated heterocycles. The minimum absolute atomic E-state index is 0.308. The van der Waals surface area contributed by atoms with Crippen LogP contribution >= 0.6 is 11.6 Å². The fraction of sp³-hybridized carbons (Fsp3) is 0.364. The number of hydrogen-bond donors (Lipinski definition) is 1. The number of halogens is 2. The van der Waals surface area contributed by atoms with Crippen LogP contribution in [0.5, 0.6) is 5.75 Å². The van der Waals surface area contributed by atoms with Crippen molar-refractivity contribution in [1.29, 1.82) is 0 Å². The number of anilines is 1. The quantitative estimate of drug-likeness (QED) is 0.621. The molecule has 5 nitrogen and oxygen atoms in total. The minimum atomic E-state index is -0.308. The first-order valence-electron chi connectivity index (χ1n) is 9.92. The molecule has 152 valence electrons. The van der Waals surface area contributed by atoms with Gasteiger partial charge in [0.1, 0.15) is 12.1 Å². The number of nitrogens with one attached hydrogen (secondary N) is 1. The zero-order valence-electron chi connectivity index (χ0n) is 16.4.